The van der Waals surface area contributed by atoms with Crippen molar-refractivity contribution in [1.82, 2.24) is 0 Å². The van der Waals surface area contributed by atoms with Gasteiger partial charge in [-0.3, -0.25) is 0 Å². The highest BCUT2D eigenvalue weighted by Crippen LogP contribution is 2.04. The summed E-state index contributed by atoms with van der Waals surface area (Å²) in [5.74, 6) is 0. The zero-order valence-electron chi connectivity index (χ0n) is 7.71. The molecule has 3 N–H and O–H groups in total. The maximum atomic E-state index is 9.15. The average Bonchev–Trinajstić information content (AvgIpc) is 2.26. The maximum absolute atomic E-state index is 9.15. The maximum Gasteiger partial charge on any atom is 0.183 e. The van der Waals surface area contributed by atoms with Crippen molar-refractivity contribution < 1.29 is 20.1 Å². The van der Waals surface area contributed by atoms with Crippen LogP contribution in [0.25, 0.3) is 0 Å². The molecule has 2 unspecified atom stereocenters. The SMILES string of the molecule is OCC(O)C(O)OCc1ccccc1. The minimum Gasteiger partial charge on any atom is -0.393 e. The van der Waals surface area contributed by atoms with Gasteiger partial charge in [-0.25, -0.2) is 0 Å². The van der Waals surface area contributed by atoms with Gasteiger partial charge in [0.2, 0.25) is 0 Å². The molecule has 0 aromatic heterocycles. The van der Waals surface area contributed by atoms with E-state index in [1.54, 1.807) is 0 Å². The Hall–Kier alpha value is -0.940. The molecule has 0 aliphatic rings. The van der Waals surface area contributed by atoms with Gasteiger partial charge in [0.1, 0.15) is 6.10 Å². The first-order valence-electron chi connectivity index (χ1n) is 4.36. The molecular weight excluding hydrogens is 184 g/mol. The number of hydrogen-bond acceptors (Lipinski definition) is 4. The van der Waals surface area contributed by atoms with E-state index in [0.717, 1.165) is 5.56 Å². The molecule has 1 rings (SSSR count). The van der Waals surface area contributed by atoms with E-state index in [4.69, 9.17) is 20.1 Å². The number of hydrogen-bond donors (Lipinski definition) is 3. The summed E-state index contributed by atoms with van der Waals surface area (Å²) in [6.07, 6.45) is -2.60. The highest BCUT2D eigenvalue weighted by molar-refractivity contribution is 5.13. The fraction of sp³-hybridized carbons (Fsp3) is 0.400. The molecule has 0 bridgehead atoms. The summed E-state index contributed by atoms with van der Waals surface area (Å²) in [7, 11) is 0. The minimum atomic E-state index is -1.35. The van der Waals surface area contributed by atoms with Crippen LogP contribution in [0.1, 0.15) is 5.56 Å². The van der Waals surface area contributed by atoms with Gasteiger partial charge in [-0.05, 0) is 5.56 Å². The molecule has 0 amide bonds. The molecule has 0 saturated heterocycles. The minimum absolute atomic E-state index is 0.207. The highest BCUT2D eigenvalue weighted by Gasteiger charge is 2.14. The van der Waals surface area contributed by atoms with Crippen molar-refractivity contribution >= 4 is 0 Å². The van der Waals surface area contributed by atoms with Crippen LogP contribution in [0.2, 0.25) is 0 Å². The van der Waals surface area contributed by atoms with Crippen LogP contribution in [0.3, 0.4) is 0 Å². The van der Waals surface area contributed by atoms with Gasteiger partial charge in [-0.15, -0.1) is 0 Å². The molecule has 0 fully saturated rings. The quantitative estimate of drug-likeness (QED) is 0.577. The van der Waals surface area contributed by atoms with Crippen LogP contribution in [-0.4, -0.2) is 34.3 Å². The van der Waals surface area contributed by atoms with Crippen LogP contribution < -0.4 is 0 Å². The van der Waals surface area contributed by atoms with Crippen molar-refractivity contribution in [1.29, 1.82) is 0 Å². The molecule has 0 saturated carbocycles. The number of aliphatic hydroxyl groups is 3. The summed E-state index contributed by atoms with van der Waals surface area (Å²) in [6, 6.07) is 9.28. The van der Waals surface area contributed by atoms with E-state index in [2.05, 4.69) is 0 Å². The van der Waals surface area contributed by atoms with Crippen LogP contribution in [0.5, 0.6) is 0 Å². The zero-order valence-corrected chi connectivity index (χ0v) is 7.71. The topological polar surface area (TPSA) is 69.9 Å². The second-order valence-electron chi connectivity index (χ2n) is 2.94. The van der Waals surface area contributed by atoms with Crippen LogP contribution >= 0.6 is 0 Å². The van der Waals surface area contributed by atoms with E-state index in [9.17, 15) is 0 Å². The van der Waals surface area contributed by atoms with Gasteiger partial charge in [0.05, 0.1) is 13.2 Å². The first-order valence-corrected chi connectivity index (χ1v) is 4.36. The van der Waals surface area contributed by atoms with Crippen molar-refractivity contribution in [3.8, 4) is 0 Å². The zero-order chi connectivity index (χ0) is 10.4. The van der Waals surface area contributed by atoms with Gasteiger partial charge in [0, 0.05) is 0 Å². The molecule has 0 aliphatic carbocycles. The Morgan fingerprint density at radius 3 is 2.36 bits per heavy atom. The third-order valence-corrected chi connectivity index (χ3v) is 1.78. The number of ether oxygens (including phenoxy) is 1. The van der Waals surface area contributed by atoms with Gasteiger partial charge < -0.3 is 20.1 Å². The van der Waals surface area contributed by atoms with Crippen molar-refractivity contribution in [2.45, 2.75) is 19.0 Å². The summed E-state index contributed by atoms with van der Waals surface area (Å²) < 4.78 is 4.93. The van der Waals surface area contributed by atoms with Crippen LogP contribution in [0, 0.1) is 0 Å². The third-order valence-electron chi connectivity index (χ3n) is 1.78. The lowest BCUT2D eigenvalue weighted by Crippen LogP contribution is -2.31. The molecule has 14 heavy (non-hydrogen) atoms. The monoisotopic (exact) mass is 198 g/mol. The number of aliphatic hydroxyl groups excluding tert-OH is 3. The van der Waals surface area contributed by atoms with E-state index >= 15 is 0 Å². The van der Waals surface area contributed by atoms with E-state index in [1.165, 1.54) is 0 Å². The standard InChI is InChI=1S/C10H14O4/c11-6-9(12)10(13)14-7-8-4-2-1-3-5-8/h1-5,9-13H,6-7H2. The summed E-state index contributed by atoms with van der Waals surface area (Å²) in [6.45, 7) is -0.310. The van der Waals surface area contributed by atoms with E-state index in [-0.39, 0.29) is 6.61 Å². The lowest BCUT2D eigenvalue weighted by atomic mass is 10.2. The Morgan fingerprint density at radius 1 is 1.14 bits per heavy atom. The van der Waals surface area contributed by atoms with E-state index in [1.807, 2.05) is 30.3 Å². The predicted molar refractivity (Wildman–Crippen MR) is 50.3 cm³/mol. The molecule has 0 heterocycles. The van der Waals surface area contributed by atoms with Crippen molar-refractivity contribution in [3.05, 3.63) is 35.9 Å². The number of benzene rings is 1. The summed E-state index contributed by atoms with van der Waals surface area (Å²) in [4.78, 5) is 0. The normalized spacial score (nSPS) is 15.1. The molecule has 78 valence electrons. The summed E-state index contributed by atoms with van der Waals surface area (Å²) in [5.41, 5.74) is 0.900. The van der Waals surface area contributed by atoms with E-state index < -0.39 is 19.0 Å². The van der Waals surface area contributed by atoms with Gasteiger partial charge in [-0.1, -0.05) is 30.3 Å². The van der Waals surface area contributed by atoms with Crippen molar-refractivity contribution in [2.24, 2.45) is 0 Å². The predicted octanol–water partition coefficient (Wildman–Crippen LogP) is -0.125. The lowest BCUT2D eigenvalue weighted by Gasteiger charge is -2.15. The second-order valence-corrected chi connectivity index (χ2v) is 2.94. The van der Waals surface area contributed by atoms with Gasteiger partial charge in [-0.2, -0.15) is 0 Å². The molecule has 0 spiro atoms. The van der Waals surface area contributed by atoms with Gasteiger partial charge in [0.15, 0.2) is 6.29 Å². The van der Waals surface area contributed by atoms with Gasteiger partial charge >= 0.3 is 0 Å². The fourth-order valence-electron chi connectivity index (χ4n) is 0.957. The Labute approximate surface area is 82.4 Å². The fourth-order valence-corrected chi connectivity index (χ4v) is 0.957. The Bertz CT molecular complexity index is 250. The van der Waals surface area contributed by atoms with Gasteiger partial charge in [0.25, 0.3) is 0 Å². The van der Waals surface area contributed by atoms with Crippen molar-refractivity contribution in [3.63, 3.8) is 0 Å². The molecule has 1 aromatic rings. The van der Waals surface area contributed by atoms with Crippen LogP contribution in [-0.2, 0) is 11.3 Å². The Morgan fingerprint density at radius 2 is 1.79 bits per heavy atom. The lowest BCUT2D eigenvalue weighted by molar-refractivity contribution is -0.177. The molecule has 4 heteroatoms. The molecule has 0 aliphatic heterocycles. The number of rotatable bonds is 5. The second kappa shape index (κ2) is 5.72. The Kier molecular flexibility index (Phi) is 4.55. The first kappa shape index (κ1) is 11.1. The third kappa shape index (κ3) is 3.43. The molecule has 2 atom stereocenters. The molecular formula is C10H14O4. The highest BCUT2D eigenvalue weighted by atomic mass is 16.6. The molecule has 4 nitrogen and oxygen atoms in total. The summed E-state index contributed by atoms with van der Waals surface area (Å²) in [5, 5.41) is 26.6. The van der Waals surface area contributed by atoms with Crippen molar-refractivity contribution in [2.75, 3.05) is 6.61 Å². The van der Waals surface area contributed by atoms with Crippen LogP contribution in [0.4, 0.5) is 0 Å². The molecule has 0 radical (unpaired) electrons. The largest absolute Gasteiger partial charge is 0.393 e. The molecule has 1 aromatic carbocycles. The Balaban J connectivity index is 2.34. The first-order chi connectivity index (χ1) is 6.74. The average molecular weight is 198 g/mol. The van der Waals surface area contributed by atoms with E-state index in [0.29, 0.717) is 0 Å². The smallest absolute Gasteiger partial charge is 0.183 e. The van der Waals surface area contributed by atoms with Crippen LogP contribution in [0.15, 0.2) is 30.3 Å². The summed E-state index contributed by atoms with van der Waals surface area (Å²) >= 11 is 0.